The van der Waals surface area contributed by atoms with Crippen LogP contribution in [0.2, 0.25) is 0 Å². The van der Waals surface area contributed by atoms with Crippen LogP contribution in [0, 0.1) is 0 Å². The molecule has 0 aliphatic heterocycles. The summed E-state index contributed by atoms with van der Waals surface area (Å²) in [4.78, 5) is 23.3. The van der Waals surface area contributed by atoms with Crippen LogP contribution in [0.1, 0.15) is 6.92 Å². The lowest BCUT2D eigenvalue weighted by molar-refractivity contribution is -0.116. The highest BCUT2D eigenvalue weighted by molar-refractivity contribution is 7.89. The van der Waals surface area contributed by atoms with Gasteiger partial charge in [0.15, 0.2) is 0 Å². The highest BCUT2D eigenvalue weighted by Crippen LogP contribution is 2.16. The zero-order valence-corrected chi connectivity index (χ0v) is 14.7. The maximum Gasteiger partial charge on any atom is 0.243 e. The maximum atomic E-state index is 12.4. The smallest absolute Gasteiger partial charge is 0.243 e. The average molecular weight is 361 g/mol. The van der Waals surface area contributed by atoms with Crippen molar-refractivity contribution in [2.24, 2.45) is 0 Å². The number of likely N-dealkylation sites (N-methyl/N-ethyl adjacent to an activating group) is 1. The number of hydrogen-bond donors (Lipinski definition) is 2. The summed E-state index contributed by atoms with van der Waals surface area (Å²) < 4.78 is 25.8. The van der Waals surface area contributed by atoms with Gasteiger partial charge in [0.1, 0.15) is 0 Å². The number of hydrogen-bond acceptors (Lipinski definition) is 4. The average Bonchev–Trinajstić information content (AvgIpc) is 2.55. The molecule has 0 aliphatic rings. The van der Waals surface area contributed by atoms with Crippen molar-refractivity contribution < 1.29 is 18.0 Å². The summed E-state index contributed by atoms with van der Waals surface area (Å²) in [6, 6.07) is 14.5. The third kappa shape index (κ3) is 5.13. The molecule has 132 valence electrons. The fourth-order valence-electron chi connectivity index (χ4n) is 2.14. The topological polar surface area (TPSA) is 95.6 Å². The second-order valence-corrected chi connectivity index (χ2v) is 7.43. The van der Waals surface area contributed by atoms with E-state index in [4.69, 9.17) is 0 Å². The first kappa shape index (κ1) is 18.6. The van der Waals surface area contributed by atoms with Crippen molar-refractivity contribution in [3.63, 3.8) is 0 Å². The molecule has 0 fully saturated rings. The predicted molar refractivity (Wildman–Crippen MR) is 95.6 cm³/mol. The van der Waals surface area contributed by atoms with Crippen molar-refractivity contribution in [3.8, 4) is 0 Å². The Bertz CT molecular complexity index is 866. The fraction of sp³-hybridized carbons (Fsp3) is 0.176. The monoisotopic (exact) mass is 361 g/mol. The minimum Gasteiger partial charge on any atom is -0.326 e. The van der Waals surface area contributed by atoms with Crippen LogP contribution in [0.3, 0.4) is 0 Å². The Balaban J connectivity index is 2.04. The van der Waals surface area contributed by atoms with Crippen LogP contribution in [0.5, 0.6) is 0 Å². The molecule has 25 heavy (non-hydrogen) atoms. The number of sulfonamides is 1. The molecule has 0 atom stereocenters. The molecule has 2 amide bonds. The number of amides is 2. The molecule has 0 saturated carbocycles. The largest absolute Gasteiger partial charge is 0.326 e. The molecule has 0 bridgehead atoms. The minimum atomic E-state index is -3.73. The van der Waals surface area contributed by atoms with E-state index in [0.29, 0.717) is 11.4 Å². The molecule has 0 aromatic heterocycles. The predicted octanol–water partition coefficient (Wildman–Crippen LogP) is 1.90. The van der Waals surface area contributed by atoms with Crippen LogP contribution in [-0.2, 0) is 19.6 Å². The van der Waals surface area contributed by atoms with Crippen LogP contribution >= 0.6 is 0 Å². The van der Waals surface area contributed by atoms with E-state index >= 15 is 0 Å². The van der Waals surface area contributed by atoms with Gasteiger partial charge in [-0.25, -0.2) is 8.42 Å². The van der Waals surface area contributed by atoms with Crippen molar-refractivity contribution in [1.29, 1.82) is 0 Å². The molecule has 0 aliphatic carbocycles. The zero-order valence-electron chi connectivity index (χ0n) is 13.9. The molecule has 0 spiro atoms. The Labute approximate surface area is 146 Å². The van der Waals surface area contributed by atoms with Crippen molar-refractivity contribution in [1.82, 2.24) is 4.31 Å². The van der Waals surface area contributed by atoms with Crippen LogP contribution in [0.4, 0.5) is 11.4 Å². The highest BCUT2D eigenvalue weighted by Gasteiger charge is 2.22. The second-order valence-electron chi connectivity index (χ2n) is 5.38. The molecule has 7 nitrogen and oxygen atoms in total. The third-order valence-electron chi connectivity index (χ3n) is 3.28. The lowest BCUT2D eigenvalue weighted by atomic mass is 10.2. The molecule has 2 N–H and O–H groups in total. The quantitative estimate of drug-likeness (QED) is 0.821. The van der Waals surface area contributed by atoms with Gasteiger partial charge in [0.25, 0.3) is 0 Å². The summed E-state index contributed by atoms with van der Waals surface area (Å²) in [7, 11) is -2.39. The van der Waals surface area contributed by atoms with Gasteiger partial charge in [0.2, 0.25) is 21.8 Å². The van der Waals surface area contributed by atoms with Gasteiger partial charge in [0, 0.05) is 25.3 Å². The number of carbonyl (C=O) groups is 2. The van der Waals surface area contributed by atoms with E-state index in [1.807, 2.05) is 0 Å². The maximum absolute atomic E-state index is 12.4. The van der Waals surface area contributed by atoms with E-state index < -0.39 is 15.9 Å². The first-order valence-corrected chi connectivity index (χ1v) is 8.92. The molecular formula is C17H19N3O4S. The van der Waals surface area contributed by atoms with E-state index in [1.54, 1.807) is 42.5 Å². The van der Waals surface area contributed by atoms with Crippen molar-refractivity contribution in [3.05, 3.63) is 54.6 Å². The van der Waals surface area contributed by atoms with Gasteiger partial charge in [-0.15, -0.1) is 0 Å². The minimum absolute atomic E-state index is 0.123. The molecule has 0 radical (unpaired) electrons. The molecule has 8 heteroatoms. The van der Waals surface area contributed by atoms with Crippen molar-refractivity contribution >= 4 is 33.2 Å². The Morgan fingerprint density at radius 3 is 2.16 bits per heavy atom. The van der Waals surface area contributed by atoms with Crippen molar-refractivity contribution in [2.45, 2.75) is 11.8 Å². The summed E-state index contributed by atoms with van der Waals surface area (Å²) in [5, 5.41) is 5.22. The summed E-state index contributed by atoms with van der Waals surface area (Å²) >= 11 is 0. The number of anilines is 2. The Morgan fingerprint density at radius 1 is 0.960 bits per heavy atom. The van der Waals surface area contributed by atoms with Gasteiger partial charge in [-0.3, -0.25) is 9.59 Å². The molecule has 0 heterocycles. The number of rotatable bonds is 6. The molecule has 0 saturated heterocycles. The number of nitrogens with one attached hydrogen (secondary N) is 2. The molecule has 2 aromatic rings. The SMILES string of the molecule is CC(=O)Nc1cccc(NC(=O)CN(C)S(=O)(=O)c2ccccc2)c1. The first-order chi connectivity index (χ1) is 11.8. The molecule has 2 aromatic carbocycles. The number of carbonyl (C=O) groups excluding carboxylic acids is 2. The van der Waals surface area contributed by atoms with Gasteiger partial charge < -0.3 is 10.6 Å². The Hall–Kier alpha value is -2.71. The second kappa shape index (κ2) is 7.91. The summed E-state index contributed by atoms with van der Waals surface area (Å²) in [6.07, 6.45) is 0. The zero-order chi connectivity index (χ0) is 18.4. The van der Waals surface area contributed by atoms with Gasteiger partial charge >= 0.3 is 0 Å². The van der Waals surface area contributed by atoms with Crippen LogP contribution in [-0.4, -0.2) is 38.1 Å². The van der Waals surface area contributed by atoms with E-state index in [-0.39, 0.29) is 17.3 Å². The number of nitrogens with zero attached hydrogens (tertiary/aromatic N) is 1. The normalized spacial score (nSPS) is 11.2. The first-order valence-electron chi connectivity index (χ1n) is 7.48. The van der Waals surface area contributed by atoms with Gasteiger partial charge in [-0.2, -0.15) is 4.31 Å². The van der Waals surface area contributed by atoms with E-state index in [1.165, 1.54) is 26.1 Å². The lowest BCUT2D eigenvalue weighted by Gasteiger charge is -2.17. The van der Waals surface area contributed by atoms with Crippen molar-refractivity contribution in [2.75, 3.05) is 24.2 Å². The number of benzene rings is 2. The van der Waals surface area contributed by atoms with Crippen LogP contribution < -0.4 is 10.6 Å². The van der Waals surface area contributed by atoms with Crippen LogP contribution in [0.15, 0.2) is 59.5 Å². The third-order valence-corrected chi connectivity index (χ3v) is 5.10. The molecular weight excluding hydrogens is 342 g/mol. The van der Waals surface area contributed by atoms with Crippen LogP contribution in [0.25, 0.3) is 0 Å². The molecule has 0 unspecified atom stereocenters. The van der Waals surface area contributed by atoms with E-state index in [2.05, 4.69) is 10.6 Å². The Morgan fingerprint density at radius 2 is 1.56 bits per heavy atom. The summed E-state index contributed by atoms with van der Waals surface area (Å²) in [6.45, 7) is 1.05. The standard InChI is InChI=1S/C17H19N3O4S/c1-13(21)18-14-7-6-8-15(11-14)19-17(22)12-20(2)25(23,24)16-9-4-3-5-10-16/h3-11H,12H2,1-2H3,(H,18,21)(H,19,22). The fourth-order valence-corrected chi connectivity index (χ4v) is 3.29. The highest BCUT2D eigenvalue weighted by atomic mass is 32.2. The van der Waals surface area contributed by atoms with E-state index in [9.17, 15) is 18.0 Å². The van der Waals surface area contributed by atoms with E-state index in [0.717, 1.165) is 4.31 Å². The van der Waals surface area contributed by atoms with Gasteiger partial charge in [-0.05, 0) is 30.3 Å². The van der Waals surface area contributed by atoms with Gasteiger partial charge in [-0.1, -0.05) is 24.3 Å². The summed E-state index contributed by atoms with van der Waals surface area (Å²) in [5.41, 5.74) is 0.998. The molecule has 2 rings (SSSR count). The lowest BCUT2D eigenvalue weighted by Crippen LogP contribution is -2.34. The Kier molecular flexibility index (Phi) is 5.89. The summed E-state index contributed by atoms with van der Waals surface area (Å²) in [5.74, 6) is -0.709. The van der Waals surface area contributed by atoms with Gasteiger partial charge in [0.05, 0.1) is 11.4 Å².